The van der Waals surface area contributed by atoms with Crippen LogP contribution in [0.4, 0.5) is 0 Å². The third kappa shape index (κ3) is 2.96. The molecule has 118 valence electrons. The molecule has 2 aromatic heterocycles. The van der Waals surface area contributed by atoms with Gasteiger partial charge in [-0.2, -0.15) is 0 Å². The van der Waals surface area contributed by atoms with E-state index < -0.39 is 0 Å². The van der Waals surface area contributed by atoms with Crippen LogP contribution in [0.25, 0.3) is 10.2 Å². The van der Waals surface area contributed by atoms with Gasteiger partial charge >= 0.3 is 0 Å². The molecular weight excluding hydrogens is 326 g/mol. The summed E-state index contributed by atoms with van der Waals surface area (Å²) in [5, 5.41) is 1.99. The standard InChI is InChI=1S/C17H17N3OS2/c1-10-11(2)22-15-14(10)16(19-9-18-15)23-13-8-6-5-7-12(13)17(21)20(3)4/h5-9H,1-4H3. The van der Waals surface area contributed by atoms with Crippen molar-refractivity contribution >= 4 is 39.2 Å². The Morgan fingerprint density at radius 3 is 2.65 bits per heavy atom. The summed E-state index contributed by atoms with van der Waals surface area (Å²) in [5.41, 5.74) is 1.91. The maximum Gasteiger partial charge on any atom is 0.254 e. The van der Waals surface area contributed by atoms with Crippen LogP contribution < -0.4 is 0 Å². The highest BCUT2D eigenvalue weighted by Gasteiger charge is 2.17. The molecule has 2 heterocycles. The van der Waals surface area contributed by atoms with Gasteiger partial charge in [-0.3, -0.25) is 4.79 Å². The average Bonchev–Trinajstić information content (AvgIpc) is 2.83. The first-order chi connectivity index (χ1) is 11.0. The lowest BCUT2D eigenvalue weighted by molar-refractivity contribution is 0.0824. The van der Waals surface area contributed by atoms with Crippen molar-refractivity contribution in [3.63, 3.8) is 0 Å². The lowest BCUT2D eigenvalue weighted by Crippen LogP contribution is -2.22. The average molecular weight is 343 g/mol. The van der Waals surface area contributed by atoms with Gasteiger partial charge < -0.3 is 4.90 Å². The minimum Gasteiger partial charge on any atom is -0.345 e. The number of hydrogen-bond donors (Lipinski definition) is 0. The molecule has 0 aliphatic rings. The summed E-state index contributed by atoms with van der Waals surface area (Å²) in [4.78, 5) is 25.9. The second kappa shape index (κ2) is 6.29. The van der Waals surface area contributed by atoms with E-state index in [0.717, 1.165) is 20.1 Å². The number of carbonyl (C=O) groups excluding carboxylic acids is 1. The zero-order valence-corrected chi connectivity index (χ0v) is 15.1. The topological polar surface area (TPSA) is 46.1 Å². The van der Waals surface area contributed by atoms with Crippen molar-refractivity contribution in [2.75, 3.05) is 14.1 Å². The van der Waals surface area contributed by atoms with Gasteiger partial charge in [-0.05, 0) is 31.5 Å². The van der Waals surface area contributed by atoms with Crippen molar-refractivity contribution in [2.24, 2.45) is 0 Å². The monoisotopic (exact) mass is 343 g/mol. The van der Waals surface area contributed by atoms with E-state index >= 15 is 0 Å². The van der Waals surface area contributed by atoms with Crippen molar-refractivity contribution in [3.8, 4) is 0 Å². The van der Waals surface area contributed by atoms with Gasteiger partial charge in [0.1, 0.15) is 16.2 Å². The maximum atomic E-state index is 12.4. The SMILES string of the molecule is Cc1sc2ncnc(Sc3ccccc3C(=O)N(C)C)c2c1C. The Morgan fingerprint density at radius 2 is 1.91 bits per heavy atom. The quantitative estimate of drug-likeness (QED) is 0.670. The highest BCUT2D eigenvalue weighted by molar-refractivity contribution is 7.99. The summed E-state index contributed by atoms with van der Waals surface area (Å²) >= 11 is 3.20. The molecule has 0 saturated heterocycles. The van der Waals surface area contributed by atoms with E-state index in [1.807, 2.05) is 24.3 Å². The van der Waals surface area contributed by atoms with E-state index in [4.69, 9.17) is 0 Å². The fourth-order valence-electron chi connectivity index (χ4n) is 2.30. The number of carbonyl (C=O) groups is 1. The molecule has 3 rings (SSSR count). The molecule has 0 atom stereocenters. The Bertz CT molecular complexity index is 887. The zero-order valence-electron chi connectivity index (χ0n) is 13.5. The predicted octanol–water partition coefficient (Wildman–Crippen LogP) is 4.16. The van der Waals surface area contributed by atoms with Gasteiger partial charge in [-0.15, -0.1) is 11.3 Å². The number of aromatic nitrogens is 2. The van der Waals surface area contributed by atoms with Crippen LogP contribution in [-0.2, 0) is 0 Å². The number of nitrogens with zero attached hydrogens (tertiary/aromatic N) is 3. The van der Waals surface area contributed by atoms with E-state index in [9.17, 15) is 4.79 Å². The summed E-state index contributed by atoms with van der Waals surface area (Å²) in [6.07, 6.45) is 1.59. The first-order valence-corrected chi connectivity index (χ1v) is 8.81. The van der Waals surface area contributed by atoms with Gasteiger partial charge in [0.2, 0.25) is 0 Å². The summed E-state index contributed by atoms with van der Waals surface area (Å²) in [5.74, 6) is -0.00313. The Morgan fingerprint density at radius 1 is 1.17 bits per heavy atom. The lowest BCUT2D eigenvalue weighted by Gasteiger charge is -2.13. The second-order valence-corrected chi connectivity index (χ2v) is 7.67. The van der Waals surface area contributed by atoms with E-state index in [1.165, 1.54) is 22.2 Å². The molecule has 1 aromatic carbocycles. The molecule has 6 heteroatoms. The molecule has 0 N–H and O–H groups in total. The van der Waals surface area contributed by atoms with Gasteiger partial charge in [0.25, 0.3) is 5.91 Å². The van der Waals surface area contributed by atoms with E-state index in [-0.39, 0.29) is 5.91 Å². The molecule has 0 fully saturated rings. The molecule has 0 spiro atoms. The van der Waals surface area contributed by atoms with Crippen molar-refractivity contribution in [1.29, 1.82) is 0 Å². The maximum absolute atomic E-state index is 12.4. The van der Waals surface area contributed by atoms with Gasteiger partial charge in [-0.1, -0.05) is 23.9 Å². The van der Waals surface area contributed by atoms with Crippen molar-refractivity contribution in [1.82, 2.24) is 14.9 Å². The smallest absolute Gasteiger partial charge is 0.254 e. The molecule has 0 bridgehead atoms. The van der Waals surface area contributed by atoms with Gasteiger partial charge in [-0.25, -0.2) is 9.97 Å². The highest BCUT2D eigenvalue weighted by atomic mass is 32.2. The number of hydrogen-bond acceptors (Lipinski definition) is 5. The molecule has 0 aliphatic heterocycles. The molecular formula is C17H17N3OS2. The van der Waals surface area contributed by atoms with Crippen LogP contribution >= 0.6 is 23.1 Å². The molecule has 1 amide bonds. The van der Waals surface area contributed by atoms with Crippen LogP contribution in [-0.4, -0.2) is 34.9 Å². The Labute approximate surface area is 143 Å². The van der Waals surface area contributed by atoms with Crippen molar-refractivity contribution < 1.29 is 4.79 Å². The van der Waals surface area contributed by atoms with Crippen LogP contribution in [0.15, 0.2) is 40.5 Å². The zero-order chi connectivity index (χ0) is 16.6. The third-order valence-corrected chi connectivity index (χ3v) is 5.85. The summed E-state index contributed by atoms with van der Waals surface area (Å²) in [6.45, 7) is 4.19. The Balaban J connectivity index is 2.09. The van der Waals surface area contributed by atoms with Crippen LogP contribution in [0.1, 0.15) is 20.8 Å². The summed E-state index contributed by atoms with van der Waals surface area (Å²) < 4.78 is 0. The number of amides is 1. The van der Waals surface area contributed by atoms with Crippen molar-refractivity contribution in [2.45, 2.75) is 23.8 Å². The largest absolute Gasteiger partial charge is 0.345 e. The fraction of sp³-hybridized carbons (Fsp3) is 0.235. The fourth-order valence-corrected chi connectivity index (χ4v) is 4.44. The third-order valence-electron chi connectivity index (χ3n) is 3.66. The molecule has 0 unspecified atom stereocenters. The molecule has 4 nitrogen and oxygen atoms in total. The van der Waals surface area contributed by atoms with E-state index in [0.29, 0.717) is 5.56 Å². The number of rotatable bonds is 3. The number of thiophene rings is 1. The molecule has 23 heavy (non-hydrogen) atoms. The first-order valence-electron chi connectivity index (χ1n) is 7.18. The van der Waals surface area contributed by atoms with Gasteiger partial charge in [0.05, 0.1) is 5.56 Å². The number of benzene rings is 1. The van der Waals surface area contributed by atoms with Crippen LogP contribution in [0.3, 0.4) is 0 Å². The Kier molecular flexibility index (Phi) is 4.37. The molecule has 3 aromatic rings. The number of fused-ring (bicyclic) bond motifs is 1. The lowest BCUT2D eigenvalue weighted by atomic mass is 10.2. The second-order valence-electron chi connectivity index (χ2n) is 5.44. The van der Waals surface area contributed by atoms with Crippen LogP contribution in [0, 0.1) is 13.8 Å². The van der Waals surface area contributed by atoms with Gasteiger partial charge in [0, 0.05) is 29.3 Å². The normalized spacial score (nSPS) is 11.0. The summed E-state index contributed by atoms with van der Waals surface area (Å²) in [7, 11) is 3.53. The molecule has 0 radical (unpaired) electrons. The van der Waals surface area contributed by atoms with Gasteiger partial charge in [0.15, 0.2) is 0 Å². The minimum absolute atomic E-state index is 0.00313. The Hall–Kier alpha value is -1.92. The first kappa shape index (κ1) is 16.0. The summed E-state index contributed by atoms with van der Waals surface area (Å²) in [6, 6.07) is 7.65. The van der Waals surface area contributed by atoms with E-state index in [1.54, 1.807) is 36.7 Å². The molecule has 0 saturated carbocycles. The van der Waals surface area contributed by atoms with E-state index in [2.05, 4.69) is 23.8 Å². The van der Waals surface area contributed by atoms with Crippen LogP contribution in [0.5, 0.6) is 0 Å². The number of aryl methyl sites for hydroxylation is 2. The minimum atomic E-state index is -0.00313. The highest BCUT2D eigenvalue weighted by Crippen LogP contribution is 2.38. The molecule has 0 aliphatic carbocycles. The predicted molar refractivity (Wildman–Crippen MR) is 95.5 cm³/mol. The van der Waals surface area contributed by atoms with Crippen molar-refractivity contribution in [3.05, 3.63) is 46.6 Å². The van der Waals surface area contributed by atoms with Crippen LogP contribution in [0.2, 0.25) is 0 Å².